The lowest BCUT2D eigenvalue weighted by molar-refractivity contribution is 0.0270. The van der Waals surface area contributed by atoms with Crippen LogP contribution in [0.2, 0.25) is 0 Å². The SMILES string of the molecule is CC(C)(C)OC(=O)N1CC(O)C(NN)C1. The number of nitrogens with one attached hydrogen (secondary N) is 1. The molecule has 1 rings (SSSR count). The molecule has 2 unspecified atom stereocenters. The standard InChI is InChI=1S/C9H19N3O3/c1-9(2,3)15-8(14)12-4-6(11-10)7(13)5-12/h6-7,11,13H,4-5,10H2,1-3H3. The minimum absolute atomic E-state index is 0.254. The predicted octanol–water partition coefficient (Wildman–Crippen LogP) is -0.570. The Balaban J connectivity index is 2.50. The van der Waals surface area contributed by atoms with Gasteiger partial charge in [-0.25, -0.2) is 4.79 Å². The Morgan fingerprint density at radius 3 is 2.53 bits per heavy atom. The summed E-state index contributed by atoms with van der Waals surface area (Å²) in [7, 11) is 0. The van der Waals surface area contributed by atoms with E-state index in [-0.39, 0.29) is 12.6 Å². The van der Waals surface area contributed by atoms with Crippen molar-refractivity contribution >= 4 is 6.09 Å². The van der Waals surface area contributed by atoms with Crippen LogP contribution in [0.5, 0.6) is 0 Å². The van der Waals surface area contributed by atoms with Gasteiger partial charge in [0.15, 0.2) is 0 Å². The van der Waals surface area contributed by atoms with Crippen molar-refractivity contribution in [2.45, 2.75) is 38.5 Å². The van der Waals surface area contributed by atoms with Gasteiger partial charge in [-0.2, -0.15) is 0 Å². The van der Waals surface area contributed by atoms with Gasteiger partial charge in [0.25, 0.3) is 0 Å². The van der Waals surface area contributed by atoms with Gasteiger partial charge >= 0.3 is 6.09 Å². The first-order valence-corrected chi connectivity index (χ1v) is 4.95. The Bertz CT molecular complexity index is 239. The average molecular weight is 217 g/mol. The maximum Gasteiger partial charge on any atom is 0.410 e. The summed E-state index contributed by atoms with van der Waals surface area (Å²) in [4.78, 5) is 13.0. The molecule has 15 heavy (non-hydrogen) atoms. The Morgan fingerprint density at radius 1 is 1.53 bits per heavy atom. The molecule has 6 nitrogen and oxygen atoms in total. The van der Waals surface area contributed by atoms with Crippen molar-refractivity contribution in [3.63, 3.8) is 0 Å². The summed E-state index contributed by atoms with van der Waals surface area (Å²) in [5.74, 6) is 5.23. The lowest BCUT2D eigenvalue weighted by atomic mass is 10.2. The highest BCUT2D eigenvalue weighted by Crippen LogP contribution is 2.15. The highest BCUT2D eigenvalue weighted by atomic mass is 16.6. The maximum absolute atomic E-state index is 11.6. The van der Waals surface area contributed by atoms with Gasteiger partial charge < -0.3 is 14.7 Å². The van der Waals surface area contributed by atoms with Crippen LogP contribution in [0.15, 0.2) is 0 Å². The summed E-state index contributed by atoms with van der Waals surface area (Å²) in [5, 5.41) is 9.51. The fourth-order valence-electron chi connectivity index (χ4n) is 1.43. The minimum atomic E-state index is -0.637. The smallest absolute Gasteiger partial charge is 0.410 e. The van der Waals surface area contributed by atoms with Crippen LogP contribution in [0.1, 0.15) is 20.8 Å². The van der Waals surface area contributed by atoms with E-state index in [1.54, 1.807) is 20.8 Å². The molecule has 1 aliphatic heterocycles. The number of nitrogens with zero attached hydrogens (tertiary/aromatic N) is 1. The maximum atomic E-state index is 11.6. The van der Waals surface area contributed by atoms with Gasteiger partial charge in [-0.1, -0.05) is 0 Å². The van der Waals surface area contributed by atoms with E-state index >= 15 is 0 Å². The molecular weight excluding hydrogens is 198 g/mol. The molecule has 6 heteroatoms. The zero-order valence-corrected chi connectivity index (χ0v) is 9.36. The lowest BCUT2D eigenvalue weighted by Crippen LogP contribution is -2.43. The molecular formula is C9H19N3O3. The zero-order chi connectivity index (χ0) is 11.6. The third-order valence-corrected chi connectivity index (χ3v) is 2.15. The number of aliphatic hydroxyl groups excluding tert-OH is 1. The fraction of sp³-hybridized carbons (Fsp3) is 0.889. The summed E-state index contributed by atoms with van der Waals surface area (Å²) < 4.78 is 5.17. The predicted molar refractivity (Wildman–Crippen MR) is 54.9 cm³/mol. The first-order valence-electron chi connectivity index (χ1n) is 4.95. The number of carbonyl (C=O) groups is 1. The number of rotatable bonds is 1. The molecule has 1 aliphatic rings. The van der Waals surface area contributed by atoms with Gasteiger partial charge in [0.2, 0.25) is 0 Å². The van der Waals surface area contributed by atoms with E-state index in [4.69, 9.17) is 10.6 Å². The van der Waals surface area contributed by atoms with Crippen LogP contribution in [0.3, 0.4) is 0 Å². The molecule has 0 bridgehead atoms. The van der Waals surface area contributed by atoms with Gasteiger partial charge in [-0.05, 0) is 20.8 Å². The second-order valence-electron chi connectivity index (χ2n) is 4.73. The molecule has 1 amide bonds. The lowest BCUT2D eigenvalue weighted by Gasteiger charge is -2.24. The van der Waals surface area contributed by atoms with Crippen LogP contribution in [-0.4, -0.2) is 46.9 Å². The summed E-state index contributed by atoms with van der Waals surface area (Å²) in [5.41, 5.74) is 1.94. The van der Waals surface area contributed by atoms with Crippen molar-refractivity contribution in [2.24, 2.45) is 5.84 Å². The van der Waals surface area contributed by atoms with Crippen LogP contribution < -0.4 is 11.3 Å². The topological polar surface area (TPSA) is 87.8 Å². The van der Waals surface area contributed by atoms with Gasteiger partial charge in [0, 0.05) is 6.54 Å². The number of hydrogen-bond donors (Lipinski definition) is 3. The number of ether oxygens (including phenoxy) is 1. The number of amides is 1. The Labute approximate surface area is 89.3 Å². The molecule has 4 N–H and O–H groups in total. The molecule has 2 atom stereocenters. The number of aliphatic hydroxyl groups is 1. The molecule has 0 aromatic heterocycles. The second-order valence-corrected chi connectivity index (χ2v) is 4.73. The third kappa shape index (κ3) is 3.33. The van der Waals surface area contributed by atoms with E-state index in [9.17, 15) is 9.90 Å². The summed E-state index contributed by atoms with van der Waals surface area (Å²) in [6.45, 7) is 6.03. The van der Waals surface area contributed by atoms with Crippen molar-refractivity contribution in [3.8, 4) is 0 Å². The third-order valence-electron chi connectivity index (χ3n) is 2.15. The van der Waals surface area contributed by atoms with E-state index < -0.39 is 17.8 Å². The first kappa shape index (κ1) is 12.2. The molecule has 1 saturated heterocycles. The van der Waals surface area contributed by atoms with Crippen molar-refractivity contribution in [2.75, 3.05) is 13.1 Å². The molecule has 88 valence electrons. The highest BCUT2D eigenvalue weighted by Gasteiger charge is 2.35. The molecule has 0 aromatic carbocycles. The van der Waals surface area contributed by atoms with Crippen LogP contribution in [-0.2, 0) is 4.74 Å². The largest absolute Gasteiger partial charge is 0.444 e. The van der Waals surface area contributed by atoms with Crippen molar-refractivity contribution in [1.82, 2.24) is 10.3 Å². The highest BCUT2D eigenvalue weighted by molar-refractivity contribution is 5.68. The second kappa shape index (κ2) is 4.34. The van der Waals surface area contributed by atoms with Crippen LogP contribution in [0.25, 0.3) is 0 Å². The van der Waals surface area contributed by atoms with Gasteiger partial charge in [-0.15, -0.1) is 0 Å². The van der Waals surface area contributed by atoms with E-state index in [1.165, 1.54) is 4.90 Å². The first-order chi connectivity index (χ1) is 6.83. The molecule has 0 saturated carbocycles. The van der Waals surface area contributed by atoms with Crippen molar-refractivity contribution in [1.29, 1.82) is 0 Å². The summed E-state index contributed by atoms with van der Waals surface area (Å²) >= 11 is 0. The number of β-amino-alcohol motifs (C(OH)–C–C–N with tert-alkyl or cyclic N) is 1. The van der Waals surface area contributed by atoms with Gasteiger partial charge in [0.1, 0.15) is 5.60 Å². The summed E-state index contributed by atoms with van der Waals surface area (Å²) in [6.07, 6.45) is -1.05. The minimum Gasteiger partial charge on any atom is -0.444 e. The number of hydrazine groups is 1. The van der Waals surface area contributed by atoms with E-state index in [0.717, 1.165) is 0 Å². The monoisotopic (exact) mass is 217 g/mol. The Hall–Kier alpha value is -0.850. The van der Waals surface area contributed by atoms with Crippen molar-refractivity contribution < 1.29 is 14.6 Å². The number of carbonyl (C=O) groups excluding carboxylic acids is 1. The van der Waals surface area contributed by atoms with E-state index in [2.05, 4.69) is 5.43 Å². The Morgan fingerprint density at radius 2 is 2.13 bits per heavy atom. The molecule has 0 aliphatic carbocycles. The average Bonchev–Trinajstić information content (AvgIpc) is 2.43. The normalized spacial score (nSPS) is 26.9. The van der Waals surface area contributed by atoms with Crippen LogP contribution in [0.4, 0.5) is 4.79 Å². The number of likely N-dealkylation sites (tertiary alicyclic amines) is 1. The van der Waals surface area contributed by atoms with E-state index in [1.807, 2.05) is 0 Å². The summed E-state index contributed by atoms with van der Waals surface area (Å²) in [6, 6.07) is -0.280. The Kier molecular flexibility index (Phi) is 3.54. The van der Waals surface area contributed by atoms with Gasteiger partial charge in [0.05, 0.1) is 18.7 Å². The van der Waals surface area contributed by atoms with Gasteiger partial charge in [-0.3, -0.25) is 11.3 Å². The number of hydrogen-bond acceptors (Lipinski definition) is 5. The molecule has 0 spiro atoms. The molecule has 1 fully saturated rings. The zero-order valence-electron chi connectivity index (χ0n) is 9.36. The fourth-order valence-corrected chi connectivity index (χ4v) is 1.43. The molecule has 0 aromatic rings. The quantitative estimate of drug-likeness (QED) is 0.404. The van der Waals surface area contributed by atoms with Crippen molar-refractivity contribution in [3.05, 3.63) is 0 Å². The van der Waals surface area contributed by atoms with Crippen LogP contribution in [0, 0.1) is 0 Å². The van der Waals surface area contributed by atoms with E-state index in [0.29, 0.717) is 6.54 Å². The number of nitrogens with two attached hydrogens (primary N) is 1. The van der Waals surface area contributed by atoms with Crippen LogP contribution >= 0.6 is 0 Å². The molecule has 0 radical (unpaired) electrons. The molecule has 1 heterocycles.